The topological polar surface area (TPSA) is 58.6 Å². The average molecular weight is 184 g/mol. The molecule has 1 N–H and O–H groups in total. The van der Waals surface area contributed by atoms with E-state index in [0.717, 1.165) is 0 Å². The molecule has 0 saturated heterocycles. The van der Waals surface area contributed by atoms with Gasteiger partial charge in [0.2, 0.25) is 0 Å². The smallest absolute Gasteiger partial charge is 0.268 e. The highest BCUT2D eigenvalue weighted by Gasteiger charge is 1.92. The van der Waals surface area contributed by atoms with E-state index in [1.165, 1.54) is 6.20 Å². The summed E-state index contributed by atoms with van der Waals surface area (Å²) >= 11 is 0. The summed E-state index contributed by atoms with van der Waals surface area (Å²) in [4.78, 5) is 21.1. The minimum atomic E-state index is -0.226. The first-order valence-electron chi connectivity index (χ1n) is 3.16. The number of pyridine rings is 1. The van der Waals surface area contributed by atoms with Gasteiger partial charge in [-0.15, -0.1) is 12.4 Å². The third-order valence-electron chi connectivity index (χ3n) is 1.35. The molecule has 12 heavy (non-hydrogen) atoms. The van der Waals surface area contributed by atoms with Crippen molar-refractivity contribution >= 4 is 23.6 Å². The zero-order chi connectivity index (χ0) is 7.68. The van der Waals surface area contributed by atoms with Crippen LogP contribution >= 0.6 is 12.4 Å². The van der Waals surface area contributed by atoms with Crippen molar-refractivity contribution in [2.24, 2.45) is 0 Å². The van der Waals surface area contributed by atoms with Gasteiger partial charge in [-0.1, -0.05) is 0 Å². The van der Waals surface area contributed by atoms with Crippen LogP contribution < -0.4 is 5.56 Å². The van der Waals surface area contributed by atoms with Gasteiger partial charge >= 0.3 is 0 Å². The van der Waals surface area contributed by atoms with Gasteiger partial charge in [0.05, 0.1) is 6.20 Å². The van der Waals surface area contributed by atoms with Crippen molar-refractivity contribution in [2.45, 2.75) is 0 Å². The maximum atomic E-state index is 10.7. The molecule has 0 saturated carbocycles. The molecule has 2 aromatic heterocycles. The summed E-state index contributed by atoms with van der Waals surface area (Å²) in [6.07, 6.45) is 2.85. The Labute approximate surface area is 74.1 Å². The van der Waals surface area contributed by atoms with Gasteiger partial charge in [-0.2, -0.15) is 0 Å². The van der Waals surface area contributed by atoms with Crippen LogP contribution in [-0.2, 0) is 0 Å². The van der Waals surface area contributed by atoms with Crippen LogP contribution in [0.4, 0.5) is 0 Å². The van der Waals surface area contributed by atoms with Crippen LogP contribution in [0.1, 0.15) is 0 Å². The second kappa shape index (κ2) is 3.32. The zero-order valence-electron chi connectivity index (χ0n) is 6.02. The standard InChI is InChI=1S/C7H5N3O.ClH/c11-6-4-9-5-2-1-3-8-7(5)10-6;/h1-4H,(H,8,10,11);1H. The lowest BCUT2D eigenvalue weighted by atomic mass is 10.4. The van der Waals surface area contributed by atoms with Crippen LogP contribution in [0.3, 0.4) is 0 Å². The summed E-state index contributed by atoms with van der Waals surface area (Å²) in [5.41, 5.74) is 1.00. The monoisotopic (exact) mass is 183 g/mol. The lowest BCUT2D eigenvalue weighted by molar-refractivity contribution is 1.17. The molecule has 62 valence electrons. The summed E-state index contributed by atoms with van der Waals surface area (Å²) in [5.74, 6) is 0. The molecule has 0 unspecified atom stereocenters. The molecule has 5 heteroatoms. The predicted octanol–water partition coefficient (Wildman–Crippen LogP) is 0.740. The van der Waals surface area contributed by atoms with E-state index in [1.54, 1.807) is 18.3 Å². The van der Waals surface area contributed by atoms with Gasteiger partial charge < -0.3 is 4.98 Å². The van der Waals surface area contributed by atoms with Gasteiger partial charge in [-0.25, -0.2) is 9.97 Å². The lowest BCUT2D eigenvalue weighted by Gasteiger charge is -1.91. The number of halogens is 1. The number of nitrogens with one attached hydrogen (secondary N) is 1. The Morgan fingerprint density at radius 3 is 3.00 bits per heavy atom. The van der Waals surface area contributed by atoms with Crippen LogP contribution in [0.2, 0.25) is 0 Å². The first-order valence-corrected chi connectivity index (χ1v) is 3.16. The van der Waals surface area contributed by atoms with Crippen molar-refractivity contribution in [3.05, 3.63) is 34.9 Å². The summed E-state index contributed by atoms with van der Waals surface area (Å²) in [5, 5.41) is 0. The fourth-order valence-corrected chi connectivity index (χ4v) is 0.874. The van der Waals surface area contributed by atoms with Crippen molar-refractivity contribution in [3.63, 3.8) is 0 Å². The Balaban J connectivity index is 0.000000720. The number of hydrogen-bond donors (Lipinski definition) is 1. The highest BCUT2D eigenvalue weighted by molar-refractivity contribution is 5.85. The first-order chi connectivity index (χ1) is 5.36. The van der Waals surface area contributed by atoms with Crippen molar-refractivity contribution in [3.8, 4) is 0 Å². The molecule has 2 aromatic rings. The Bertz CT molecular complexity index is 440. The molecule has 0 bridgehead atoms. The van der Waals surface area contributed by atoms with E-state index in [1.807, 2.05) is 0 Å². The third-order valence-corrected chi connectivity index (χ3v) is 1.35. The number of fused-ring (bicyclic) bond motifs is 1. The second-order valence-corrected chi connectivity index (χ2v) is 2.12. The second-order valence-electron chi connectivity index (χ2n) is 2.12. The quantitative estimate of drug-likeness (QED) is 0.656. The molecule has 2 rings (SSSR count). The Hall–Kier alpha value is -1.42. The summed E-state index contributed by atoms with van der Waals surface area (Å²) in [7, 11) is 0. The number of H-pyrrole nitrogens is 1. The maximum absolute atomic E-state index is 10.7. The van der Waals surface area contributed by atoms with Crippen LogP contribution in [0.25, 0.3) is 11.2 Å². The molecule has 0 aliphatic rings. The molecule has 0 aliphatic heterocycles. The lowest BCUT2D eigenvalue weighted by Crippen LogP contribution is -2.05. The number of rotatable bonds is 0. The number of nitrogens with zero attached hydrogens (tertiary/aromatic N) is 2. The van der Waals surface area contributed by atoms with E-state index in [-0.39, 0.29) is 18.0 Å². The maximum Gasteiger partial charge on any atom is 0.268 e. The fraction of sp³-hybridized carbons (Fsp3) is 0. The molecule has 4 nitrogen and oxygen atoms in total. The highest BCUT2D eigenvalue weighted by Crippen LogP contribution is 1.98. The van der Waals surface area contributed by atoms with Gasteiger partial charge in [-0.05, 0) is 12.1 Å². The molecular weight excluding hydrogens is 178 g/mol. The van der Waals surface area contributed by atoms with Crippen molar-refractivity contribution in [1.29, 1.82) is 0 Å². The molecule has 0 fully saturated rings. The van der Waals surface area contributed by atoms with E-state index >= 15 is 0 Å². The van der Waals surface area contributed by atoms with Crippen LogP contribution in [0.15, 0.2) is 29.3 Å². The van der Waals surface area contributed by atoms with Gasteiger partial charge in [0, 0.05) is 6.20 Å². The minimum absolute atomic E-state index is 0. The minimum Gasteiger partial charge on any atom is -0.304 e. The van der Waals surface area contributed by atoms with E-state index < -0.39 is 0 Å². The van der Waals surface area contributed by atoms with Crippen LogP contribution in [0.5, 0.6) is 0 Å². The normalized spacial score (nSPS) is 9.33. The van der Waals surface area contributed by atoms with Crippen molar-refractivity contribution in [2.75, 3.05) is 0 Å². The predicted molar refractivity (Wildman–Crippen MR) is 47.4 cm³/mol. The van der Waals surface area contributed by atoms with E-state index in [4.69, 9.17) is 0 Å². The Kier molecular flexibility index (Phi) is 2.40. The van der Waals surface area contributed by atoms with E-state index in [9.17, 15) is 4.79 Å². The van der Waals surface area contributed by atoms with Crippen molar-refractivity contribution < 1.29 is 0 Å². The summed E-state index contributed by atoms with van der Waals surface area (Å²) in [6.45, 7) is 0. The van der Waals surface area contributed by atoms with Crippen molar-refractivity contribution in [1.82, 2.24) is 15.0 Å². The third kappa shape index (κ3) is 1.43. The number of aromatic nitrogens is 3. The molecule has 0 atom stereocenters. The van der Waals surface area contributed by atoms with E-state index in [2.05, 4.69) is 15.0 Å². The SMILES string of the molecule is Cl.O=c1cnc2cccnc2[nH]1. The highest BCUT2D eigenvalue weighted by atomic mass is 35.5. The fourth-order valence-electron chi connectivity index (χ4n) is 0.874. The molecule has 2 heterocycles. The largest absolute Gasteiger partial charge is 0.304 e. The molecule has 0 aromatic carbocycles. The molecule has 0 spiro atoms. The Morgan fingerprint density at radius 2 is 2.17 bits per heavy atom. The Morgan fingerprint density at radius 1 is 1.33 bits per heavy atom. The molecular formula is C7H6ClN3O. The van der Waals surface area contributed by atoms with Crippen LogP contribution in [-0.4, -0.2) is 15.0 Å². The number of aromatic amines is 1. The molecule has 0 amide bonds. The first kappa shape index (κ1) is 8.67. The summed E-state index contributed by atoms with van der Waals surface area (Å²) in [6, 6.07) is 3.56. The molecule has 0 aliphatic carbocycles. The van der Waals surface area contributed by atoms with Gasteiger partial charge in [0.1, 0.15) is 5.52 Å². The average Bonchev–Trinajstić information content (AvgIpc) is 2.04. The zero-order valence-corrected chi connectivity index (χ0v) is 6.84. The van der Waals surface area contributed by atoms with Crippen LogP contribution in [0, 0.1) is 0 Å². The molecule has 0 radical (unpaired) electrons. The van der Waals surface area contributed by atoms with Gasteiger partial charge in [-0.3, -0.25) is 4.79 Å². The summed E-state index contributed by atoms with van der Waals surface area (Å²) < 4.78 is 0. The van der Waals surface area contributed by atoms with E-state index in [0.29, 0.717) is 11.2 Å². The number of hydrogen-bond acceptors (Lipinski definition) is 3. The van der Waals surface area contributed by atoms with Gasteiger partial charge in [0.15, 0.2) is 5.65 Å². The van der Waals surface area contributed by atoms with Gasteiger partial charge in [0.25, 0.3) is 5.56 Å².